The summed E-state index contributed by atoms with van der Waals surface area (Å²) < 4.78 is 13.2. The van der Waals surface area contributed by atoms with Crippen LogP contribution in [0.2, 0.25) is 5.02 Å². The number of hydrogen-bond acceptors (Lipinski definition) is 5. The largest absolute Gasteiger partial charge is 0.398 e. The Labute approximate surface area is 181 Å². The molecule has 2 N–H and O–H groups in total. The average molecular weight is 429 g/mol. The quantitative estimate of drug-likeness (QED) is 0.450. The highest BCUT2D eigenvalue weighted by atomic mass is 35.5. The maximum atomic E-state index is 13.2. The Morgan fingerprint density at radius 1 is 1.13 bits per heavy atom. The summed E-state index contributed by atoms with van der Waals surface area (Å²) in [6, 6.07) is 12.2. The monoisotopic (exact) mass is 428 g/mol. The number of rotatable bonds is 5. The van der Waals surface area contributed by atoms with Crippen molar-refractivity contribution < 1.29 is 9.18 Å². The van der Waals surface area contributed by atoms with Gasteiger partial charge in [0.25, 0.3) is 0 Å². The number of carbonyl (C=O) groups is 1. The molecule has 5 nitrogen and oxygen atoms in total. The van der Waals surface area contributed by atoms with E-state index >= 15 is 0 Å². The summed E-state index contributed by atoms with van der Waals surface area (Å²) in [6.45, 7) is 4.44. The van der Waals surface area contributed by atoms with Gasteiger partial charge in [-0.3, -0.25) is 9.69 Å². The zero-order valence-electron chi connectivity index (χ0n) is 17.0. The van der Waals surface area contributed by atoms with Crippen LogP contribution < -0.4 is 5.73 Å². The Kier molecular flexibility index (Phi) is 6.09. The van der Waals surface area contributed by atoms with Crippen molar-refractivity contribution in [2.75, 3.05) is 39.0 Å². The first-order valence-electron chi connectivity index (χ1n) is 10.1. The summed E-state index contributed by atoms with van der Waals surface area (Å²) in [6.07, 6.45) is 3.54. The van der Waals surface area contributed by atoms with E-state index in [1.54, 1.807) is 24.3 Å². The number of fused-ring (bicyclic) bond motifs is 2. The predicted octanol–water partition coefficient (Wildman–Crippen LogP) is 3.26. The van der Waals surface area contributed by atoms with Crippen LogP contribution in [0.1, 0.15) is 15.9 Å². The number of carbonyl (C=O) groups excluding carboxylic acids is 1. The van der Waals surface area contributed by atoms with Gasteiger partial charge in [0.1, 0.15) is 5.82 Å². The Morgan fingerprint density at radius 2 is 1.80 bits per heavy atom. The molecule has 2 aromatic rings. The van der Waals surface area contributed by atoms with Gasteiger partial charge in [-0.2, -0.15) is 0 Å². The Morgan fingerprint density at radius 3 is 2.43 bits per heavy atom. The van der Waals surface area contributed by atoms with Crippen LogP contribution in [0.25, 0.3) is 0 Å². The second kappa shape index (κ2) is 8.76. The van der Waals surface area contributed by atoms with Crippen LogP contribution in [0.3, 0.4) is 0 Å². The van der Waals surface area contributed by atoms with Gasteiger partial charge < -0.3 is 15.5 Å². The number of likely N-dealkylation sites (N-methyl/N-ethyl adjacent to an activating group) is 1. The van der Waals surface area contributed by atoms with E-state index in [2.05, 4.69) is 21.7 Å². The van der Waals surface area contributed by atoms with Gasteiger partial charge in [-0.1, -0.05) is 23.7 Å². The molecule has 7 heteroatoms. The molecule has 2 atom stereocenters. The minimum atomic E-state index is -0.210. The van der Waals surface area contributed by atoms with Crippen LogP contribution in [-0.4, -0.2) is 65.8 Å². The van der Waals surface area contributed by atoms with Crippen LogP contribution in [0.5, 0.6) is 0 Å². The molecule has 0 saturated carbocycles. The lowest BCUT2D eigenvalue weighted by Gasteiger charge is -2.52. The lowest BCUT2D eigenvalue weighted by Crippen LogP contribution is -2.66. The van der Waals surface area contributed by atoms with Gasteiger partial charge in [0.05, 0.1) is 12.1 Å². The highest BCUT2D eigenvalue weighted by Gasteiger charge is 2.37. The number of benzene rings is 2. The first kappa shape index (κ1) is 20.8. The highest BCUT2D eigenvalue weighted by Crippen LogP contribution is 2.25. The summed E-state index contributed by atoms with van der Waals surface area (Å²) in [7, 11) is 2.14. The second-order valence-electron chi connectivity index (χ2n) is 8.21. The minimum Gasteiger partial charge on any atom is -0.398 e. The minimum absolute atomic E-state index is 0.121. The number of piperazine rings is 2. The predicted molar refractivity (Wildman–Crippen MR) is 118 cm³/mol. The molecule has 0 amide bonds. The molecule has 0 spiro atoms. The van der Waals surface area contributed by atoms with Crippen molar-refractivity contribution in [3.63, 3.8) is 0 Å². The standard InChI is InChI=1S/C23H26ClFN4O/c1-27-12-19-14-28(11-16-2-5-18(25)6-3-16)15-20(13-27)29(19)9-8-23(30)21-7-4-17(24)10-22(21)26/h2-10,19-20H,11-15,26H2,1H3/b9-8+. The van der Waals surface area contributed by atoms with Crippen molar-refractivity contribution in [2.45, 2.75) is 18.6 Å². The van der Waals surface area contributed by atoms with Crippen LogP contribution in [0.15, 0.2) is 54.7 Å². The molecule has 0 aliphatic carbocycles. The van der Waals surface area contributed by atoms with E-state index in [4.69, 9.17) is 17.3 Å². The van der Waals surface area contributed by atoms with Crippen LogP contribution in [-0.2, 0) is 6.54 Å². The molecule has 2 fully saturated rings. The molecule has 2 saturated heterocycles. The molecule has 158 valence electrons. The first-order valence-corrected chi connectivity index (χ1v) is 10.5. The molecule has 2 aromatic carbocycles. The van der Waals surface area contributed by atoms with Gasteiger partial charge in [-0.15, -0.1) is 0 Å². The lowest BCUT2D eigenvalue weighted by molar-refractivity contribution is -0.0107. The first-order chi connectivity index (χ1) is 14.4. The molecule has 2 aliphatic rings. The highest BCUT2D eigenvalue weighted by molar-refractivity contribution is 6.31. The molecule has 2 unspecified atom stereocenters. The third kappa shape index (κ3) is 4.67. The molecular formula is C23H26ClFN4O. The number of hydrogen-bond donors (Lipinski definition) is 1. The average Bonchev–Trinajstić information content (AvgIpc) is 2.68. The van der Waals surface area contributed by atoms with Gasteiger partial charge in [0.2, 0.25) is 0 Å². The van der Waals surface area contributed by atoms with E-state index in [0.717, 1.165) is 38.3 Å². The van der Waals surface area contributed by atoms with Crippen molar-refractivity contribution in [3.05, 3.63) is 76.7 Å². The summed E-state index contributed by atoms with van der Waals surface area (Å²) >= 11 is 5.93. The SMILES string of the molecule is CN1CC2CN(Cc3ccc(F)cc3)CC(C1)N2/C=C/C(=O)c1ccc(Cl)cc1N. The molecule has 2 heterocycles. The fourth-order valence-electron chi connectivity index (χ4n) is 4.48. The third-order valence-electron chi connectivity index (χ3n) is 5.82. The topological polar surface area (TPSA) is 52.8 Å². The van der Waals surface area contributed by atoms with Gasteiger partial charge in [0.15, 0.2) is 5.78 Å². The normalized spacial score (nSPS) is 22.6. The van der Waals surface area contributed by atoms with Gasteiger partial charge in [-0.05, 0) is 42.9 Å². The number of anilines is 1. The molecule has 30 heavy (non-hydrogen) atoms. The van der Waals surface area contributed by atoms with Gasteiger partial charge >= 0.3 is 0 Å². The van der Waals surface area contributed by atoms with Crippen molar-refractivity contribution in [1.82, 2.24) is 14.7 Å². The molecule has 2 bridgehead atoms. The molecule has 4 rings (SSSR count). The van der Waals surface area contributed by atoms with E-state index in [1.807, 2.05) is 18.3 Å². The molecular weight excluding hydrogens is 403 g/mol. The maximum absolute atomic E-state index is 13.2. The summed E-state index contributed by atoms with van der Waals surface area (Å²) in [5.41, 5.74) is 7.92. The Balaban J connectivity index is 1.46. The molecule has 0 radical (unpaired) electrons. The van der Waals surface area contributed by atoms with Gasteiger partial charge in [0, 0.05) is 61.3 Å². The van der Waals surface area contributed by atoms with Gasteiger partial charge in [-0.25, -0.2) is 4.39 Å². The lowest BCUT2D eigenvalue weighted by atomic mass is 10.00. The second-order valence-corrected chi connectivity index (χ2v) is 8.64. The Hall–Kier alpha value is -2.41. The number of nitrogens with two attached hydrogens (primary N) is 1. The van der Waals surface area contributed by atoms with Crippen molar-refractivity contribution in [2.24, 2.45) is 0 Å². The number of nitrogen functional groups attached to an aromatic ring is 1. The van der Waals surface area contributed by atoms with Crippen LogP contribution in [0.4, 0.5) is 10.1 Å². The number of nitrogens with zero attached hydrogens (tertiary/aromatic N) is 3. The molecule has 0 aromatic heterocycles. The van der Waals surface area contributed by atoms with E-state index in [-0.39, 0.29) is 23.7 Å². The van der Waals surface area contributed by atoms with Crippen molar-refractivity contribution >= 4 is 23.1 Å². The fraction of sp³-hybridized carbons (Fsp3) is 0.348. The number of halogens is 2. The van der Waals surface area contributed by atoms with E-state index in [1.165, 1.54) is 12.1 Å². The molecule has 2 aliphatic heterocycles. The van der Waals surface area contributed by atoms with Crippen LogP contribution in [0, 0.1) is 5.82 Å². The van der Waals surface area contributed by atoms with E-state index in [0.29, 0.717) is 16.3 Å². The van der Waals surface area contributed by atoms with Crippen molar-refractivity contribution in [1.29, 1.82) is 0 Å². The van der Waals surface area contributed by atoms with E-state index < -0.39 is 0 Å². The summed E-state index contributed by atoms with van der Waals surface area (Å²) in [5, 5.41) is 0.517. The number of allylic oxidation sites excluding steroid dienone is 1. The smallest absolute Gasteiger partial charge is 0.189 e. The Bertz CT molecular complexity index is 933. The van der Waals surface area contributed by atoms with Crippen molar-refractivity contribution in [3.8, 4) is 0 Å². The maximum Gasteiger partial charge on any atom is 0.189 e. The number of ketones is 1. The zero-order valence-corrected chi connectivity index (χ0v) is 17.7. The van der Waals surface area contributed by atoms with Crippen LogP contribution >= 0.6 is 11.6 Å². The van der Waals surface area contributed by atoms with E-state index in [9.17, 15) is 9.18 Å². The summed E-state index contributed by atoms with van der Waals surface area (Å²) in [4.78, 5) is 19.7. The summed E-state index contributed by atoms with van der Waals surface area (Å²) in [5.74, 6) is -0.331. The zero-order chi connectivity index (χ0) is 21.3. The fourth-order valence-corrected chi connectivity index (χ4v) is 4.66. The third-order valence-corrected chi connectivity index (χ3v) is 6.06.